The van der Waals surface area contributed by atoms with Crippen molar-refractivity contribution in [3.63, 3.8) is 0 Å². The van der Waals surface area contributed by atoms with Crippen molar-refractivity contribution in [3.05, 3.63) is 72.3 Å². The van der Waals surface area contributed by atoms with E-state index >= 15 is 0 Å². The van der Waals surface area contributed by atoms with Crippen molar-refractivity contribution in [2.45, 2.75) is 39.2 Å². The molecule has 7 heteroatoms. The molecular weight excluding hydrogens is 414 g/mol. The maximum atomic E-state index is 13.5. The zero-order valence-corrected chi connectivity index (χ0v) is 19.5. The van der Waals surface area contributed by atoms with Crippen LogP contribution in [0.4, 0.5) is 0 Å². The molecule has 1 aromatic carbocycles. The smallest absolute Gasteiger partial charge is 0.257 e. The van der Waals surface area contributed by atoms with Gasteiger partial charge in [0.25, 0.3) is 5.91 Å². The summed E-state index contributed by atoms with van der Waals surface area (Å²) in [6.45, 7) is 5.04. The van der Waals surface area contributed by atoms with Crippen LogP contribution in [0.2, 0.25) is 0 Å². The lowest BCUT2D eigenvalue weighted by Crippen LogP contribution is -2.52. The van der Waals surface area contributed by atoms with Gasteiger partial charge >= 0.3 is 0 Å². The molecule has 0 unspecified atom stereocenters. The highest BCUT2D eigenvalue weighted by molar-refractivity contribution is 5.94. The molecule has 2 aromatic heterocycles. The molecule has 2 amide bonds. The first-order valence-corrected chi connectivity index (χ1v) is 11.5. The Morgan fingerprint density at radius 2 is 1.79 bits per heavy atom. The quantitative estimate of drug-likeness (QED) is 0.630. The summed E-state index contributed by atoms with van der Waals surface area (Å²) in [5, 5.41) is 7.26. The maximum Gasteiger partial charge on any atom is 0.257 e. The lowest BCUT2D eigenvalue weighted by Gasteiger charge is -2.41. The Morgan fingerprint density at radius 3 is 2.42 bits per heavy atom. The number of nitrogens with one attached hydrogen (secondary N) is 1. The second-order valence-electron chi connectivity index (χ2n) is 9.17. The van der Waals surface area contributed by atoms with Crippen molar-refractivity contribution in [1.29, 1.82) is 0 Å². The lowest BCUT2D eigenvalue weighted by atomic mass is 9.71. The van der Waals surface area contributed by atoms with Gasteiger partial charge in [-0.05, 0) is 61.9 Å². The molecule has 1 fully saturated rings. The van der Waals surface area contributed by atoms with Crippen molar-refractivity contribution >= 4 is 11.8 Å². The summed E-state index contributed by atoms with van der Waals surface area (Å²) in [6, 6.07) is 12.3. The van der Waals surface area contributed by atoms with E-state index in [0.29, 0.717) is 37.9 Å². The number of aryl methyl sites for hydroxylation is 1. The zero-order chi connectivity index (χ0) is 23.4. The normalized spacial score (nSPS) is 15.5. The lowest BCUT2D eigenvalue weighted by molar-refractivity contribution is -0.134. The van der Waals surface area contributed by atoms with E-state index in [2.05, 4.69) is 27.5 Å². The Bertz CT molecular complexity index is 1110. The number of piperidine rings is 1. The molecule has 1 saturated heterocycles. The van der Waals surface area contributed by atoms with Crippen LogP contribution in [0.3, 0.4) is 0 Å². The molecule has 0 bridgehead atoms. The maximum absolute atomic E-state index is 13.5. The van der Waals surface area contributed by atoms with Crippen molar-refractivity contribution < 1.29 is 9.59 Å². The van der Waals surface area contributed by atoms with Gasteiger partial charge in [0.2, 0.25) is 5.91 Å². The molecule has 172 valence electrons. The molecule has 4 rings (SSSR count). The topological polar surface area (TPSA) is 80.1 Å². The van der Waals surface area contributed by atoms with E-state index < -0.39 is 5.41 Å². The standard InChI is InChI=1S/C26H31N5O2/c1-19(2)29-25(33)26(10-14-31(15-11-26)24(32)22-17-28-30(3)18-22)16-21-6-4-5-7-23(21)20-8-12-27-13-9-20/h4-9,12-13,17-19H,10-11,14-16H2,1-3H3,(H,29,33). The second-order valence-corrected chi connectivity index (χ2v) is 9.17. The first-order chi connectivity index (χ1) is 15.9. The summed E-state index contributed by atoms with van der Waals surface area (Å²) >= 11 is 0. The number of benzene rings is 1. The van der Waals surface area contributed by atoms with E-state index in [1.54, 1.807) is 36.5 Å². The van der Waals surface area contributed by atoms with Crippen LogP contribution in [0, 0.1) is 5.41 Å². The highest BCUT2D eigenvalue weighted by Gasteiger charge is 2.43. The van der Waals surface area contributed by atoms with Gasteiger partial charge in [0.05, 0.1) is 17.2 Å². The van der Waals surface area contributed by atoms with Gasteiger partial charge in [-0.25, -0.2) is 0 Å². The Balaban J connectivity index is 1.60. The van der Waals surface area contributed by atoms with Crippen LogP contribution in [0.1, 0.15) is 42.6 Å². The van der Waals surface area contributed by atoms with E-state index in [1.165, 1.54) is 0 Å². The molecule has 3 aromatic rings. The van der Waals surface area contributed by atoms with Gasteiger partial charge in [0.15, 0.2) is 0 Å². The number of carbonyl (C=O) groups excluding carboxylic acids is 2. The molecule has 1 N–H and O–H groups in total. The fourth-order valence-electron chi connectivity index (χ4n) is 4.60. The van der Waals surface area contributed by atoms with E-state index in [1.807, 2.05) is 43.0 Å². The minimum atomic E-state index is -0.570. The van der Waals surface area contributed by atoms with Crippen LogP contribution < -0.4 is 5.32 Å². The van der Waals surface area contributed by atoms with Gasteiger partial charge in [-0.1, -0.05) is 24.3 Å². The molecule has 0 radical (unpaired) electrons. The predicted molar refractivity (Wildman–Crippen MR) is 127 cm³/mol. The number of likely N-dealkylation sites (tertiary alicyclic amines) is 1. The van der Waals surface area contributed by atoms with Crippen molar-refractivity contribution in [2.24, 2.45) is 12.5 Å². The Morgan fingerprint density at radius 1 is 1.09 bits per heavy atom. The summed E-state index contributed by atoms with van der Waals surface area (Å²) < 4.78 is 1.63. The molecule has 33 heavy (non-hydrogen) atoms. The molecule has 3 heterocycles. The van der Waals surface area contributed by atoms with E-state index in [4.69, 9.17) is 0 Å². The zero-order valence-electron chi connectivity index (χ0n) is 19.5. The number of carbonyl (C=O) groups is 2. The number of amides is 2. The Kier molecular flexibility index (Phi) is 6.58. The number of hydrogen-bond donors (Lipinski definition) is 1. The third-order valence-electron chi connectivity index (χ3n) is 6.40. The largest absolute Gasteiger partial charge is 0.353 e. The van der Waals surface area contributed by atoms with Crippen molar-refractivity contribution in [1.82, 2.24) is 25.0 Å². The fourth-order valence-corrected chi connectivity index (χ4v) is 4.60. The van der Waals surface area contributed by atoms with Crippen molar-refractivity contribution in [2.75, 3.05) is 13.1 Å². The summed E-state index contributed by atoms with van der Waals surface area (Å²) in [4.78, 5) is 32.4. The van der Waals surface area contributed by atoms with Gasteiger partial charge < -0.3 is 10.2 Å². The molecule has 1 aliphatic heterocycles. The van der Waals surface area contributed by atoms with Gasteiger partial charge in [-0.3, -0.25) is 19.3 Å². The van der Waals surface area contributed by atoms with Gasteiger partial charge in [-0.15, -0.1) is 0 Å². The van der Waals surface area contributed by atoms with Crippen LogP contribution in [0.15, 0.2) is 61.2 Å². The summed E-state index contributed by atoms with van der Waals surface area (Å²) in [7, 11) is 1.80. The minimum Gasteiger partial charge on any atom is -0.353 e. The van der Waals surface area contributed by atoms with E-state index in [9.17, 15) is 9.59 Å². The van der Waals surface area contributed by atoms with Crippen molar-refractivity contribution in [3.8, 4) is 11.1 Å². The van der Waals surface area contributed by atoms with E-state index in [-0.39, 0.29) is 17.9 Å². The van der Waals surface area contributed by atoms with Crippen LogP contribution in [0.25, 0.3) is 11.1 Å². The predicted octanol–water partition coefficient (Wildman–Crippen LogP) is 3.47. The monoisotopic (exact) mass is 445 g/mol. The molecule has 0 atom stereocenters. The fraction of sp³-hybridized carbons (Fsp3) is 0.385. The SMILES string of the molecule is CC(C)NC(=O)C1(Cc2ccccc2-c2ccncc2)CCN(C(=O)c2cnn(C)c2)CC1. The number of nitrogens with zero attached hydrogens (tertiary/aromatic N) is 4. The van der Waals surface area contributed by atoms with Crippen LogP contribution in [0.5, 0.6) is 0 Å². The first kappa shape index (κ1) is 22.7. The average molecular weight is 446 g/mol. The van der Waals surface area contributed by atoms with Crippen LogP contribution in [-0.2, 0) is 18.3 Å². The van der Waals surface area contributed by atoms with Gasteiger partial charge in [0, 0.05) is 44.8 Å². The van der Waals surface area contributed by atoms with Crippen LogP contribution >= 0.6 is 0 Å². The number of pyridine rings is 1. The molecule has 0 aliphatic carbocycles. The number of rotatable bonds is 6. The Hall–Kier alpha value is -3.48. The first-order valence-electron chi connectivity index (χ1n) is 11.5. The summed E-state index contributed by atoms with van der Waals surface area (Å²) in [6.07, 6.45) is 8.76. The molecule has 0 saturated carbocycles. The molecular formula is C26H31N5O2. The molecule has 1 aliphatic rings. The highest BCUT2D eigenvalue weighted by Crippen LogP contribution is 2.38. The number of hydrogen-bond acceptors (Lipinski definition) is 4. The third kappa shape index (κ3) is 4.97. The summed E-state index contributed by atoms with van der Waals surface area (Å²) in [5.74, 6) is 0.0358. The highest BCUT2D eigenvalue weighted by atomic mass is 16.2. The summed E-state index contributed by atoms with van der Waals surface area (Å²) in [5.41, 5.74) is 3.35. The Labute approximate surface area is 194 Å². The minimum absolute atomic E-state index is 0.0295. The molecule has 7 nitrogen and oxygen atoms in total. The van der Waals surface area contributed by atoms with E-state index in [0.717, 1.165) is 16.7 Å². The average Bonchev–Trinajstić information content (AvgIpc) is 3.26. The van der Waals surface area contributed by atoms with Crippen LogP contribution in [-0.4, -0.2) is 50.6 Å². The van der Waals surface area contributed by atoms with Gasteiger partial charge in [-0.2, -0.15) is 5.10 Å². The van der Waals surface area contributed by atoms with Gasteiger partial charge in [0.1, 0.15) is 0 Å². The number of aromatic nitrogens is 3. The molecule has 0 spiro atoms. The second kappa shape index (κ2) is 9.57. The third-order valence-corrected chi connectivity index (χ3v) is 6.40.